The van der Waals surface area contributed by atoms with Gasteiger partial charge in [0, 0.05) is 57.4 Å². The van der Waals surface area contributed by atoms with Crippen LogP contribution in [0.5, 0.6) is 0 Å². The van der Waals surface area contributed by atoms with Crippen LogP contribution in [0.1, 0.15) is 46.0 Å². The van der Waals surface area contributed by atoms with Gasteiger partial charge in [-0.2, -0.15) is 0 Å². The summed E-state index contributed by atoms with van der Waals surface area (Å²) in [4.78, 5) is 30.6. The van der Waals surface area contributed by atoms with Gasteiger partial charge in [-0.25, -0.2) is 0 Å². The van der Waals surface area contributed by atoms with Gasteiger partial charge >= 0.3 is 0 Å². The number of rotatable bonds is 5. The first-order valence-electron chi connectivity index (χ1n) is 9.95. The standard InChI is InChI=1S/C21H31N3O2/c1-17-9-14-23(15-10-17)21(26)11-16-24(18(2)25)20-7-5-19(6-8-20)22-12-3-4-13-22/h5-8,17H,3-4,9-16H2,1-2H3. The van der Waals surface area contributed by atoms with Crippen molar-refractivity contribution in [3.8, 4) is 0 Å². The van der Waals surface area contributed by atoms with E-state index in [9.17, 15) is 9.59 Å². The molecule has 2 amide bonds. The molecule has 5 nitrogen and oxygen atoms in total. The number of carbonyl (C=O) groups excluding carboxylic acids is 2. The van der Waals surface area contributed by atoms with Crippen LogP contribution in [-0.4, -0.2) is 49.4 Å². The zero-order valence-corrected chi connectivity index (χ0v) is 16.1. The first-order chi connectivity index (χ1) is 12.5. The molecule has 0 atom stereocenters. The van der Waals surface area contributed by atoms with Gasteiger partial charge in [-0.15, -0.1) is 0 Å². The molecule has 1 aromatic rings. The third-order valence-corrected chi connectivity index (χ3v) is 5.70. The second-order valence-corrected chi connectivity index (χ2v) is 7.69. The maximum absolute atomic E-state index is 12.5. The van der Waals surface area contributed by atoms with E-state index in [1.54, 1.807) is 11.8 Å². The summed E-state index contributed by atoms with van der Waals surface area (Å²) in [5, 5.41) is 0. The quantitative estimate of drug-likeness (QED) is 0.812. The van der Waals surface area contributed by atoms with Crippen LogP contribution in [0.3, 0.4) is 0 Å². The summed E-state index contributed by atoms with van der Waals surface area (Å²) in [6.07, 6.45) is 5.06. The molecule has 3 rings (SSSR count). The number of anilines is 2. The number of hydrogen-bond acceptors (Lipinski definition) is 3. The molecule has 2 aliphatic heterocycles. The van der Waals surface area contributed by atoms with Crippen molar-refractivity contribution in [2.45, 2.75) is 46.0 Å². The van der Waals surface area contributed by atoms with Gasteiger partial charge in [0.05, 0.1) is 0 Å². The second kappa shape index (κ2) is 8.56. The monoisotopic (exact) mass is 357 g/mol. The zero-order valence-electron chi connectivity index (χ0n) is 16.1. The molecule has 142 valence electrons. The molecular formula is C21H31N3O2. The van der Waals surface area contributed by atoms with Crippen molar-refractivity contribution < 1.29 is 9.59 Å². The fourth-order valence-corrected chi connectivity index (χ4v) is 3.91. The Bertz CT molecular complexity index is 615. The fourth-order valence-electron chi connectivity index (χ4n) is 3.91. The lowest BCUT2D eigenvalue weighted by Crippen LogP contribution is -2.40. The molecule has 2 aliphatic rings. The van der Waals surface area contributed by atoms with Gasteiger partial charge in [0.15, 0.2) is 0 Å². The highest BCUT2D eigenvalue weighted by molar-refractivity contribution is 5.92. The molecule has 2 heterocycles. The van der Waals surface area contributed by atoms with Crippen molar-refractivity contribution in [3.05, 3.63) is 24.3 Å². The van der Waals surface area contributed by atoms with Crippen molar-refractivity contribution in [3.63, 3.8) is 0 Å². The molecule has 2 fully saturated rings. The van der Waals surface area contributed by atoms with E-state index in [0.717, 1.165) is 44.7 Å². The highest BCUT2D eigenvalue weighted by Crippen LogP contribution is 2.24. The summed E-state index contributed by atoms with van der Waals surface area (Å²) < 4.78 is 0. The lowest BCUT2D eigenvalue weighted by Gasteiger charge is -2.31. The van der Waals surface area contributed by atoms with Gasteiger partial charge < -0.3 is 14.7 Å². The molecule has 0 aromatic heterocycles. The summed E-state index contributed by atoms with van der Waals surface area (Å²) in [5.41, 5.74) is 2.09. The van der Waals surface area contributed by atoms with E-state index in [4.69, 9.17) is 0 Å². The van der Waals surface area contributed by atoms with Crippen LogP contribution < -0.4 is 9.80 Å². The van der Waals surface area contributed by atoms with Crippen molar-refractivity contribution in [2.24, 2.45) is 5.92 Å². The van der Waals surface area contributed by atoms with Crippen LogP contribution in [0.15, 0.2) is 24.3 Å². The molecule has 0 spiro atoms. The van der Waals surface area contributed by atoms with Crippen LogP contribution in [0.25, 0.3) is 0 Å². The first-order valence-corrected chi connectivity index (χ1v) is 9.95. The van der Waals surface area contributed by atoms with E-state index in [1.807, 2.05) is 17.0 Å². The SMILES string of the molecule is CC(=O)N(CCC(=O)N1CCC(C)CC1)c1ccc(N2CCCC2)cc1. The van der Waals surface area contributed by atoms with Crippen LogP contribution in [0, 0.1) is 5.92 Å². The second-order valence-electron chi connectivity index (χ2n) is 7.69. The Kier molecular flexibility index (Phi) is 6.17. The van der Waals surface area contributed by atoms with Gasteiger partial charge in [-0.3, -0.25) is 9.59 Å². The van der Waals surface area contributed by atoms with Crippen LogP contribution in [-0.2, 0) is 9.59 Å². The first kappa shape index (κ1) is 18.7. The van der Waals surface area contributed by atoms with Crippen molar-refractivity contribution >= 4 is 23.2 Å². The van der Waals surface area contributed by atoms with Crippen molar-refractivity contribution in [2.75, 3.05) is 42.5 Å². The Morgan fingerprint density at radius 3 is 2.23 bits per heavy atom. The fraction of sp³-hybridized carbons (Fsp3) is 0.619. The molecule has 0 saturated carbocycles. The van der Waals surface area contributed by atoms with E-state index in [0.29, 0.717) is 18.9 Å². The highest BCUT2D eigenvalue weighted by atomic mass is 16.2. The van der Waals surface area contributed by atoms with E-state index >= 15 is 0 Å². The number of hydrogen-bond donors (Lipinski definition) is 0. The van der Waals surface area contributed by atoms with Crippen LogP contribution in [0.2, 0.25) is 0 Å². The molecule has 1 aromatic carbocycles. The maximum Gasteiger partial charge on any atom is 0.224 e. The van der Waals surface area contributed by atoms with Gasteiger partial charge in [0.2, 0.25) is 11.8 Å². The van der Waals surface area contributed by atoms with E-state index in [2.05, 4.69) is 24.0 Å². The zero-order chi connectivity index (χ0) is 18.5. The maximum atomic E-state index is 12.5. The average Bonchev–Trinajstić information content (AvgIpc) is 3.17. The van der Waals surface area contributed by atoms with Gasteiger partial charge in [0.1, 0.15) is 0 Å². The molecule has 0 aliphatic carbocycles. The van der Waals surface area contributed by atoms with Gasteiger partial charge in [-0.1, -0.05) is 6.92 Å². The van der Waals surface area contributed by atoms with Crippen LogP contribution in [0.4, 0.5) is 11.4 Å². The van der Waals surface area contributed by atoms with Gasteiger partial charge in [0.25, 0.3) is 0 Å². The Morgan fingerprint density at radius 2 is 1.65 bits per heavy atom. The normalized spacial score (nSPS) is 18.2. The summed E-state index contributed by atoms with van der Waals surface area (Å²) >= 11 is 0. The lowest BCUT2D eigenvalue weighted by molar-refractivity contribution is -0.132. The molecule has 0 bridgehead atoms. The van der Waals surface area contributed by atoms with E-state index in [-0.39, 0.29) is 11.8 Å². The summed E-state index contributed by atoms with van der Waals surface area (Å²) in [5.74, 6) is 0.859. The Morgan fingerprint density at radius 1 is 1.04 bits per heavy atom. The minimum absolute atomic E-state index is 0.0148. The number of amides is 2. The summed E-state index contributed by atoms with van der Waals surface area (Å²) in [7, 11) is 0. The summed E-state index contributed by atoms with van der Waals surface area (Å²) in [6.45, 7) is 8.18. The Labute approximate surface area is 156 Å². The number of likely N-dealkylation sites (tertiary alicyclic amines) is 1. The largest absolute Gasteiger partial charge is 0.372 e. The van der Waals surface area contributed by atoms with E-state index < -0.39 is 0 Å². The summed E-state index contributed by atoms with van der Waals surface area (Å²) in [6, 6.07) is 8.18. The Hall–Kier alpha value is -2.04. The molecule has 5 heteroatoms. The number of piperidine rings is 1. The molecule has 0 N–H and O–H groups in total. The predicted octanol–water partition coefficient (Wildman–Crippen LogP) is 3.29. The third-order valence-electron chi connectivity index (χ3n) is 5.70. The van der Waals surface area contributed by atoms with Crippen molar-refractivity contribution in [1.82, 2.24) is 4.90 Å². The van der Waals surface area contributed by atoms with Crippen molar-refractivity contribution in [1.29, 1.82) is 0 Å². The smallest absolute Gasteiger partial charge is 0.224 e. The molecule has 0 unspecified atom stereocenters. The molecule has 2 saturated heterocycles. The topological polar surface area (TPSA) is 43.9 Å². The Balaban J connectivity index is 1.58. The molecule has 0 radical (unpaired) electrons. The molecular weight excluding hydrogens is 326 g/mol. The number of nitrogens with zero attached hydrogens (tertiary/aromatic N) is 3. The predicted molar refractivity (Wildman–Crippen MR) is 106 cm³/mol. The lowest BCUT2D eigenvalue weighted by atomic mass is 9.99. The highest BCUT2D eigenvalue weighted by Gasteiger charge is 2.22. The average molecular weight is 357 g/mol. The minimum Gasteiger partial charge on any atom is -0.372 e. The van der Waals surface area contributed by atoms with Crippen LogP contribution >= 0.6 is 0 Å². The van der Waals surface area contributed by atoms with E-state index in [1.165, 1.54) is 18.5 Å². The minimum atomic E-state index is -0.0148. The molecule has 26 heavy (non-hydrogen) atoms. The van der Waals surface area contributed by atoms with Gasteiger partial charge in [-0.05, 0) is 55.9 Å². The number of benzene rings is 1. The number of carbonyl (C=O) groups is 2. The third kappa shape index (κ3) is 4.57.